The molecule has 1 N–H and O–H groups in total. The smallest absolute Gasteiger partial charge is 0.226 e. The number of imidazole rings is 1. The zero-order valence-corrected chi connectivity index (χ0v) is 14.1. The second-order valence-corrected chi connectivity index (χ2v) is 6.10. The summed E-state index contributed by atoms with van der Waals surface area (Å²) in [5, 5.41) is 3.58. The molecule has 0 saturated heterocycles. The van der Waals surface area contributed by atoms with E-state index in [-0.39, 0.29) is 5.28 Å². The van der Waals surface area contributed by atoms with Gasteiger partial charge in [-0.15, -0.1) is 0 Å². The van der Waals surface area contributed by atoms with Crippen LogP contribution in [0.5, 0.6) is 0 Å². The predicted molar refractivity (Wildman–Crippen MR) is 93.8 cm³/mol. The zero-order chi connectivity index (χ0) is 16.2. The first-order valence-corrected chi connectivity index (χ1v) is 8.21. The van der Waals surface area contributed by atoms with Crippen LogP contribution in [0.3, 0.4) is 0 Å². The number of nitrogens with zero attached hydrogens (tertiary/aromatic N) is 4. The lowest BCUT2D eigenvalue weighted by Gasteiger charge is -2.11. The lowest BCUT2D eigenvalue weighted by atomic mass is 10.1. The molecular formula is C17H20ClN5. The average Bonchev–Trinajstić information content (AvgIpc) is 2.96. The first-order valence-electron chi connectivity index (χ1n) is 7.83. The maximum Gasteiger partial charge on any atom is 0.226 e. The van der Waals surface area contributed by atoms with Crippen LogP contribution < -0.4 is 5.32 Å². The van der Waals surface area contributed by atoms with Crippen LogP contribution in [0.2, 0.25) is 5.28 Å². The highest BCUT2D eigenvalue weighted by Crippen LogP contribution is 2.22. The normalized spacial score (nSPS) is 12.5. The van der Waals surface area contributed by atoms with Crippen molar-refractivity contribution in [3.63, 3.8) is 0 Å². The van der Waals surface area contributed by atoms with Crippen LogP contribution in [0.1, 0.15) is 25.8 Å². The maximum atomic E-state index is 6.10. The van der Waals surface area contributed by atoms with Gasteiger partial charge in [0.25, 0.3) is 0 Å². The average molecular weight is 330 g/mol. The molecule has 0 fully saturated rings. The molecule has 3 rings (SSSR count). The van der Waals surface area contributed by atoms with Crippen molar-refractivity contribution < 1.29 is 0 Å². The van der Waals surface area contributed by atoms with Gasteiger partial charge in [-0.25, -0.2) is 4.98 Å². The van der Waals surface area contributed by atoms with Gasteiger partial charge in [0.05, 0.1) is 12.9 Å². The Kier molecular flexibility index (Phi) is 4.76. The number of halogens is 1. The Hall–Kier alpha value is -2.14. The van der Waals surface area contributed by atoms with Crippen LogP contribution in [-0.4, -0.2) is 26.1 Å². The van der Waals surface area contributed by atoms with E-state index in [4.69, 9.17) is 11.6 Å². The highest BCUT2D eigenvalue weighted by molar-refractivity contribution is 6.28. The van der Waals surface area contributed by atoms with Crippen molar-refractivity contribution in [2.45, 2.75) is 26.8 Å². The molecule has 3 aromatic rings. The summed E-state index contributed by atoms with van der Waals surface area (Å²) in [7, 11) is 0. The number of aromatic nitrogens is 4. The molecule has 2 aromatic heterocycles. The van der Waals surface area contributed by atoms with E-state index in [1.807, 2.05) is 22.8 Å². The Morgan fingerprint density at radius 2 is 2.00 bits per heavy atom. The van der Waals surface area contributed by atoms with Crippen molar-refractivity contribution in [2.75, 3.05) is 11.9 Å². The molecule has 0 aliphatic carbocycles. The van der Waals surface area contributed by atoms with Crippen LogP contribution >= 0.6 is 11.6 Å². The Bertz CT molecular complexity index is 784. The summed E-state index contributed by atoms with van der Waals surface area (Å²) >= 11 is 6.10. The van der Waals surface area contributed by atoms with E-state index in [1.54, 1.807) is 6.33 Å². The van der Waals surface area contributed by atoms with Crippen LogP contribution in [0.25, 0.3) is 11.2 Å². The molecule has 0 amide bonds. The number of rotatable bonds is 6. The SMILES string of the molecule is CC[C@H](C)CNc1nc(Cl)nc2c1ncn2Cc1ccccc1. The monoisotopic (exact) mass is 329 g/mol. The standard InChI is InChI=1S/C17H20ClN5/c1-3-12(2)9-19-15-14-16(22-17(18)21-15)23(11-20-14)10-13-7-5-4-6-8-13/h4-8,11-12H,3,9-10H2,1-2H3,(H,19,21,22)/t12-/m0/s1. The molecule has 23 heavy (non-hydrogen) atoms. The highest BCUT2D eigenvalue weighted by atomic mass is 35.5. The zero-order valence-electron chi connectivity index (χ0n) is 13.3. The van der Waals surface area contributed by atoms with E-state index in [2.05, 4.69) is 46.2 Å². The second kappa shape index (κ2) is 6.96. The summed E-state index contributed by atoms with van der Waals surface area (Å²) in [6, 6.07) is 10.2. The lowest BCUT2D eigenvalue weighted by molar-refractivity contribution is 0.592. The molecule has 0 aliphatic heterocycles. The van der Waals surface area contributed by atoms with E-state index in [0.717, 1.165) is 24.1 Å². The first kappa shape index (κ1) is 15.7. The van der Waals surface area contributed by atoms with Gasteiger partial charge in [0, 0.05) is 6.54 Å². The van der Waals surface area contributed by atoms with E-state index >= 15 is 0 Å². The largest absolute Gasteiger partial charge is 0.368 e. The fourth-order valence-electron chi connectivity index (χ4n) is 2.35. The second-order valence-electron chi connectivity index (χ2n) is 5.77. The molecule has 0 spiro atoms. The van der Waals surface area contributed by atoms with Crippen molar-refractivity contribution in [3.05, 3.63) is 47.5 Å². The molecule has 0 aliphatic rings. The van der Waals surface area contributed by atoms with Gasteiger partial charge < -0.3 is 9.88 Å². The van der Waals surface area contributed by atoms with Crippen LogP contribution in [-0.2, 0) is 6.54 Å². The Balaban J connectivity index is 1.92. The van der Waals surface area contributed by atoms with Crippen molar-refractivity contribution in [1.29, 1.82) is 0 Å². The number of nitrogens with one attached hydrogen (secondary N) is 1. The molecule has 1 aromatic carbocycles. The lowest BCUT2D eigenvalue weighted by Crippen LogP contribution is -2.12. The number of benzene rings is 1. The molecular weight excluding hydrogens is 310 g/mol. The van der Waals surface area contributed by atoms with Crippen LogP contribution in [0, 0.1) is 5.92 Å². The molecule has 0 unspecified atom stereocenters. The minimum atomic E-state index is 0.235. The quantitative estimate of drug-likeness (QED) is 0.695. The van der Waals surface area contributed by atoms with E-state index in [1.165, 1.54) is 5.56 Å². The van der Waals surface area contributed by atoms with E-state index < -0.39 is 0 Å². The molecule has 5 nitrogen and oxygen atoms in total. The molecule has 0 radical (unpaired) electrons. The molecule has 0 saturated carbocycles. The summed E-state index contributed by atoms with van der Waals surface area (Å²) < 4.78 is 1.99. The molecule has 120 valence electrons. The summed E-state index contributed by atoms with van der Waals surface area (Å²) in [6.07, 6.45) is 2.90. The summed E-state index contributed by atoms with van der Waals surface area (Å²) in [4.78, 5) is 13.1. The van der Waals surface area contributed by atoms with Gasteiger partial charge in [0.1, 0.15) is 0 Å². The minimum Gasteiger partial charge on any atom is -0.368 e. The van der Waals surface area contributed by atoms with Crippen LogP contribution in [0.15, 0.2) is 36.7 Å². The highest BCUT2D eigenvalue weighted by Gasteiger charge is 2.13. The van der Waals surface area contributed by atoms with Gasteiger partial charge in [-0.1, -0.05) is 50.6 Å². The number of hydrogen-bond acceptors (Lipinski definition) is 4. The summed E-state index contributed by atoms with van der Waals surface area (Å²) in [6.45, 7) is 5.91. The van der Waals surface area contributed by atoms with Crippen molar-refractivity contribution in [2.24, 2.45) is 5.92 Å². The van der Waals surface area contributed by atoms with Crippen molar-refractivity contribution in [3.8, 4) is 0 Å². The fourth-order valence-corrected chi connectivity index (χ4v) is 2.52. The Morgan fingerprint density at radius 3 is 2.74 bits per heavy atom. The third-order valence-electron chi connectivity index (χ3n) is 3.95. The Labute approximate surface area is 140 Å². The van der Waals surface area contributed by atoms with Crippen molar-refractivity contribution >= 4 is 28.6 Å². The van der Waals surface area contributed by atoms with Crippen LogP contribution in [0.4, 0.5) is 5.82 Å². The first-order chi connectivity index (χ1) is 11.2. The van der Waals surface area contributed by atoms with Gasteiger partial charge in [-0.2, -0.15) is 9.97 Å². The Morgan fingerprint density at radius 1 is 1.22 bits per heavy atom. The van der Waals surface area contributed by atoms with Gasteiger partial charge in [0.2, 0.25) is 5.28 Å². The van der Waals surface area contributed by atoms with E-state index in [9.17, 15) is 0 Å². The van der Waals surface area contributed by atoms with Crippen molar-refractivity contribution in [1.82, 2.24) is 19.5 Å². The van der Waals surface area contributed by atoms with Gasteiger partial charge in [-0.05, 0) is 23.1 Å². The van der Waals surface area contributed by atoms with Gasteiger partial charge >= 0.3 is 0 Å². The molecule has 2 heterocycles. The summed E-state index contributed by atoms with van der Waals surface area (Å²) in [5.41, 5.74) is 2.70. The molecule has 6 heteroatoms. The van der Waals surface area contributed by atoms with E-state index in [0.29, 0.717) is 18.3 Å². The third-order valence-corrected chi connectivity index (χ3v) is 4.12. The topological polar surface area (TPSA) is 55.6 Å². The fraction of sp³-hybridized carbons (Fsp3) is 0.353. The molecule has 0 bridgehead atoms. The minimum absolute atomic E-state index is 0.235. The third kappa shape index (κ3) is 3.62. The number of anilines is 1. The van der Waals surface area contributed by atoms with Gasteiger partial charge in [-0.3, -0.25) is 0 Å². The number of hydrogen-bond donors (Lipinski definition) is 1. The maximum absolute atomic E-state index is 6.10. The summed E-state index contributed by atoms with van der Waals surface area (Å²) in [5.74, 6) is 1.26. The molecule has 1 atom stereocenters. The predicted octanol–water partition coefficient (Wildman–Crippen LogP) is 3.99. The number of fused-ring (bicyclic) bond motifs is 1. The van der Waals surface area contributed by atoms with Gasteiger partial charge in [0.15, 0.2) is 17.0 Å².